The number of ether oxygens (including phenoxy) is 2. The average Bonchev–Trinajstić information content (AvgIpc) is 3.59. The van der Waals surface area contributed by atoms with E-state index >= 15 is 0 Å². The zero-order valence-corrected chi connectivity index (χ0v) is 20.6. The topological polar surface area (TPSA) is 99.6 Å². The molecular weight excluding hydrogens is 499 g/mol. The van der Waals surface area contributed by atoms with E-state index in [1.165, 1.54) is 30.3 Å². The molecule has 11 heteroatoms. The number of benzene rings is 2. The van der Waals surface area contributed by atoms with Gasteiger partial charge in [0.25, 0.3) is 5.91 Å². The second kappa shape index (κ2) is 12.6. The van der Waals surface area contributed by atoms with Gasteiger partial charge in [0.2, 0.25) is 5.89 Å². The molecule has 1 fully saturated rings. The van der Waals surface area contributed by atoms with Crippen LogP contribution >= 0.6 is 11.6 Å². The summed E-state index contributed by atoms with van der Waals surface area (Å²) >= 11 is 5.74. The van der Waals surface area contributed by atoms with Crippen molar-refractivity contribution in [2.45, 2.75) is 46.4 Å². The molecule has 1 aromatic heterocycles. The monoisotopic (exact) mass is 525 g/mol. The van der Waals surface area contributed by atoms with Crippen molar-refractivity contribution >= 4 is 17.5 Å². The molecule has 1 amide bonds. The van der Waals surface area contributed by atoms with Gasteiger partial charge in [0.05, 0.1) is 13.2 Å². The van der Waals surface area contributed by atoms with Crippen LogP contribution in [0.2, 0.25) is 5.02 Å². The number of oxazole rings is 1. The summed E-state index contributed by atoms with van der Waals surface area (Å²) in [5.74, 6) is -0.644. The van der Waals surface area contributed by atoms with E-state index in [1.807, 2.05) is 13.8 Å². The van der Waals surface area contributed by atoms with Gasteiger partial charge in [0.1, 0.15) is 5.82 Å². The summed E-state index contributed by atoms with van der Waals surface area (Å²) in [6, 6.07) is 8.35. The summed E-state index contributed by atoms with van der Waals surface area (Å²) in [7, 11) is 0. The Morgan fingerprint density at radius 2 is 1.97 bits per heavy atom. The molecule has 0 radical (unpaired) electrons. The van der Waals surface area contributed by atoms with Gasteiger partial charge in [-0.3, -0.25) is 4.79 Å². The average molecular weight is 526 g/mol. The fourth-order valence-corrected chi connectivity index (χ4v) is 3.31. The lowest BCUT2D eigenvalue weighted by Gasteiger charge is -2.12. The van der Waals surface area contributed by atoms with Crippen molar-refractivity contribution in [3.8, 4) is 23.0 Å². The third kappa shape index (κ3) is 7.14. The number of hydrogen-bond donors (Lipinski definition) is 2. The SMILES string of the molecule is CC.NCc1oc(-c2ccc(OC(F)F)c(OCC3CC3)c2)nc1C(=O)NCc1ccc(Cl)cc1F. The molecule has 2 aromatic carbocycles. The lowest BCUT2D eigenvalue weighted by Crippen LogP contribution is -2.25. The van der Waals surface area contributed by atoms with Crippen molar-refractivity contribution in [2.24, 2.45) is 11.7 Å². The van der Waals surface area contributed by atoms with E-state index in [0.29, 0.717) is 18.1 Å². The Bertz CT molecular complexity index is 1190. The largest absolute Gasteiger partial charge is 0.489 e. The molecule has 36 heavy (non-hydrogen) atoms. The molecule has 0 unspecified atom stereocenters. The van der Waals surface area contributed by atoms with Gasteiger partial charge in [-0.05, 0) is 49.1 Å². The molecule has 3 N–H and O–H groups in total. The van der Waals surface area contributed by atoms with Gasteiger partial charge in [0.15, 0.2) is 23.0 Å². The first-order chi connectivity index (χ1) is 17.3. The lowest BCUT2D eigenvalue weighted by molar-refractivity contribution is -0.0515. The van der Waals surface area contributed by atoms with Crippen LogP contribution in [0.4, 0.5) is 13.2 Å². The van der Waals surface area contributed by atoms with Crippen LogP contribution in [0.3, 0.4) is 0 Å². The smallest absolute Gasteiger partial charge is 0.387 e. The van der Waals surface area contributed by atoms with Gasteiger partial charge >= 0.3 is 6.61 Å². The van der Waals surface area contributed by atoms with Gasteiger partial charge in [-0.15, -0.1) is 0 Å². The maximum atomic E-state index is 14.0. The van der Waals surface area contributed by atoms with Crippen molar-refractivity contribution in [3.63, 3.8) is 0 Å². The fraction of sp³-hybridized carbons (Fsp3) is 0.360. The number of carbonyl (C=O) groups is 1. The van der Waals surface area contributed by atoms with Gasteiger partial charge in [-0.1, -0.05) is 31.5 Å². The van der Waals surface area contributed by atoms with E-state index in [-0.39, 0.29) is 52.5 Å². The van der Waals surface area contributed by atoms with Crippen molar-refractivity contribution in [2.75, 3.05) is 6.61 Å². The summed E-state index contributed by atoms with van der Waals surface area (Å²) in [6.07, 6.45) is 2.03. The first kappa shape index (κ1) is 27.3. The molecule has 1 heterocycles. The molecule has 0 saturated heterocycles. The Morgan fingerprint density at radius 1 is 1.22 bits per heavy atom. The van der Waals surface area contributed by atoms with Crippen LogP contribution in [0, 0.1) is 11.7 Å². The van der Waals surface area contributed by atoms with Crippen LogP contribution in [-0.2, 0) is 13.1 Å². The number of carbonyl (C=O) groups excluding carboxylic acids is 1. The number of alkyl halides is 2. The van der Waals surface area contributed by atoms with Crippen molar-refractivity contribution < 1.29 is 31.9 Å². The van der Waals surface area contributed by atoms with Crippen LogP contribution in [0.5, 0.6) is 11.5 Å². The van der Waals surface area contributed by atoms with Gasteiger partial charge in [-0.25, -0.2) is 9.37 Å². The molecule has 4 rings (SSSR count). The van der Waals surface area contributed by atoms with Crippen LogP contribution in [0.1, 0.15) is 48.5 Å². The minimum atomic E-state index is -3.01. The normalized spacial score (nSPS) is 12.7. The molecule has 0 bridgehead atoms. The minimum Gasteiger partial charge on any atom is -0.489 e. The number of rotatable bonds is 10. The van der Waals surface area contributed by atoms with E-state index in [1.54, 1.807) is 0 Å². The summed E-state index contributed by atoms with van der Waals surface area (Å²) < 4.78 is 55.4. The highest BCUT2D eigenvalue weighted by atomic mass is 35.5. The van der Waals surface area contributed by atoms with E-state index in [4.69, 9.17) is 26.5 Å². The second-order valence-electron chi connectivity index (χ2n) is 7.71. The van der Waals surface area contributed by atoms with Gasteiger partial charge in [0, 0.05) is 22.7 Å². The number of hydrogen-bond acceptors (Lipinski definition) is 6. The third-order valence-corrected chi connectivity index (χ3v) is 5.37. The molecule has 0 spiro atoms. The quantitative estimate of drug-likeness (QED) is 0.340. The second-order valence-corrected chi connectivity index (χ2v) is 8.14. The highest BCUT2D eigenvalue weighted by Gasteiger charge is 2.24. The summed E-state index contributed by atoms with van der Waals surface area (Å²) in [4.78, 5) is 16.9. The Hall–Kier alpha value is -3.24. The number of nitrogens with one attached hydrogen (secondary N) is 1. The standard InChI is InChI=1S/C23H21ClF3N3O4.C2H6/c24-15-5-3-14(16(25)8-15)10-29-21(31)20-19(9-28)33-22(30-20)13-4-6-17(34-23(26)27)18(7-13)32-11-12-1-2-12;1-2/h3-8,12,23H,1-2,9-11,28H2,(H,29,31);1-2H3. The molecule has 1 saturated carbocycles. The summed E-state index contributed by atoms with van der Waals surface area (Å²) in [5, 5.41) is 2.81. The Kier molecular flexibility index (Phi) is 9.60. The van der Waals surface area contributed by atoms with E-state index in [2.05, 4.69) is 15.0 Å². The molecular formula is C25H27ClF3N3O4. The Morgan fingerprint density at radius 3 is 2.61 bits per heavy atom. The zero-order chi connectivity index (χ0) is 26.2. The summed E-state index contributed by atoms with van der Waals surface area (Å²) in [6.45, 7) is 1.13. The number of nitrogens with zero attached hydrogens (tertiary/aromatic N) is 1. The predicted octanol–water partition coefficient (Wildman–Crippen LogP) is 5.94. The van der Waals surface area contributed by atoms with Gasteiger partial charge < -0.3 is 24.9 Å². The highest BCUT2D eigenvalue weighted by molar-refractivity contribution is 6.30. The van der Waals surface area contributed by atoms with Crippen molar-refractivity contribution in [1.82, 2.24) is 10.3 Å². The van der Waals surface area contributed by atoms with E-state index in [0.717, 1.165) is 18.9 Å². The first-order valence-electron chi connectivity index (χ1n) is 11.5. The zero-order valence-electron chi connectivity index (χ0n) is 19.8. The van der Waals surface area contributed by atoms with Gasteiger partial charge in [-0.2, -0.15) is 8.78 Å². The fourth-order valence-electron chi connectivity index (χ4n) is 3.15. The maximum Gasteiger partial charge on any atom is 0.387 e. The van der Waals surface area contributed by atoms with Crippen molar-refractivity contribution in [1.29, 1.82) is 0 Å². The molecule has 3 aromatic rings. The molecule has 0 atom stereocenters. The maximum absolute atomic E-state index is 14.0. The van der Waals surface area contributed by atoms with Crippen molar-refractivity contribution in [3.05, 3.63) is 64.3 Å². The first-order valence-corrected chi connectivity index (χ1v) is 11.9. The Labute approximate surface area is 211 Å². The molecule has 7 nitrogen and oxygen atoms in total. The number of nitrogens with two attached hydrogens (primary N) is 1. The summed E-state index contributed by atoms with van der Waals surface area (Å²) in [5.41, 5.74) is 6.26. The van der Waals surface area contributed by atoms with E-state index < -0.39 is 18.3 Å². The third-order valence-electron chi connectivity index (χ3n) is 5.13. The molecule has 1 aliphatic rings. The van der Waals surface area contributed by atoms with Crippen LogP contribution in [0.15, 0.2) is 40.8 Å². The molecule has 1 aliphatic carbocycles. The highest BCUT2D eigenvalue weighted by Crippen LogP contribution is 2.36. The minimum absolute atomic E-state index is 0.0446. The predicted molar refractivity (Wildman–Crippen MR) is 129 cm³/mol. The van der Waals surface area contributed by atoms with Crippen LogP contribution < -0.4 is 20.5 Å². The van der Waals surface area contributed by atoms with E-state index in [9.17, 15) is 18.0 Å². The lowest BCUT2D eigenvalue weighted by atomic mass is 10.2. The molecule has 0 aliphatic heterocycles. The number of amides is 1. The molecule has 194 valence electrons. The van der Waals surface area contributed by atoms with Crippen LogP contribution in [-0.4, -0.2) is 24.1 Å². The Balaban J connectivity index is 0.00000176. The number of halogens is 4. The number of aromatic nitrogens is 1. The van der Waals surface area contributed by atoms with Crippen LogP contribution in [0.25, 0.3) is 11.5 Å².